The lowest BCUT2D eigenvalue weighted by molar-refractivity contribution is -0.131. The number of likely N-dealkylation sites (tertiary alicyclic amines) is 1. The predicted octanol–water partition coefficient (Wildman–Crippen LogP) is 3.18. The van der Waals surface area contributed by atoms with Crippen molar-refractivity contribution in [2.24, 2.45) is 5.92 Å². The highest BCUT2D eigenvalue weighted by Crippen LogP contribution is 2.23. The molecule has 0 atom stereocenters. The van der Waals surface area contributed by atoms with Crippen molar-refractivity contribution >= 4 is 11.8 Å². The number of amides is 2. The summed E-state index contributed by atoms with van der Waals surface area (Å²) in [5.41, 5.74) is 0.960. The van der Waals surface area contributed by atoms with E-state index in [0.29, 0.717) is 25.1 Å². The largest absolute Gasteiger partial charge is 0.497 e. The summed E-state index contributed by atoms with van der Waals surface area (Å²) in [6.07, 6.45) is 2.73. The highest BCUT2D eigenvalue weighted by Gasteiger charge is 2.23. The van der Waals surface area contributed by atoms with E-state index in [-0.39, 0.29) is 18.0 Å². The van der Waals surface area contributed by atoms with E-state index in [1.807, 2.05) is 12.1 Å². The SMILES string of the molecule is COc1ccc(CC2CCN(C(=O)CNC(=O)c3ccc(F)cc3F)CC2)cc1. The second-order valence-corrected chi connectivity index (χ2v) is 7.18. The van der Waals surface area contributed by atoms with Crippen molar-refractivity contribution in [3.05, 3.63) is 65.2 Å². The van der Waals surface area contributed by atoms with Gasteiger partial charge >= 0.3 is 0 Å². The second-order valence-electron chi connectivity index (χ2n) is 7.18. The molecule has 5 nitrogen and oxygen atoms in total. The van der Waals surface area contributed by atoms with Gasteiger partial charge in [0.15, 0.2) is 0 Å². The van der Waals surface area contributed by atoms with Crippen molar-refractivity contribution < 1.29 is 23.1 Å². The summed E-state index contributed by atoms with van der Waals surface area (Å²) in [5.74, 6) is -1.32. The molecule has 0 spiro atoms. The molecule has 0 saturated carbocycles. The van der Waals surface area contributed by atoms with Crippen molar-refractivity contribution in [2.45, 2.75) is 19.3 Å². The lowest BCUT2D eigenvalue weighted by Crippen LogP contribution is -2.44. The van der Waals surface area contributed by atoms with Gasteiger partial charge < -0.3 is 15.0 Å². The predicted molar refractivity (Wildman–Crippen MR) is 105 cm³/mol. The highest BCUT2D eigenvalue weighted by molar-refractivity contribution is 5.96. The molecule has 29 heavy (non-hydrogen) atoms. The Labute approximate surface area is 168 Å². The molecule has 1 saturated heterocycles. The summed E-state index contributed by atoms with van der Waals surface area (Å²) in [6.45, 7) is 1.04. The first kappa shape index (κ1) is 20.8. The lowest BCUT2D eigenvalue weighted by atomic mass is 9.90. The van der Waals surface area contributed by atoms with Gasteiger partial charge in [0.1, 0.15) is 17.4 Å². The number of halogens is 2. The van der Waals surface area contributed by atoms with Gasteiger partial charge in [-0.2, -0.15) is 0 Å². The maximum absolute atomic E-state index is 13.6. The molecule has 1 fully saturated rings. The van der Waals surface area contributed by atoms with Crippen LogP contribution in [0.4, 0.5) is 8.78 Å². The van der Waals surface area contributed by atoms with E-state index in [1.54, 1.807) is 12.0 Å². The fraction of sp³-hybridized carbons (Fsp3) is 0.364. The molecule has 7 heteroatoms. The van der Waals surface area contributed by atoms with E-state index in [2.05, 4.69) is 17.4 Å². The van der Waals surface area contributed by atoms with E-state index >= 15 is 0 Å². The number of carbonyl (C=O) groups is 2. The summed E-state index contributed by atoms with van der Waals surface area (Å²) in [5, 5.41) is 2.41. The third-order valence-corrected chi connectivity index (χ3v) is 5.23. The zero-order valence-corrected chi connectivity index (χ0v) is 16.3. The summed E-state index contributed by atoms with van der Waals surface area (Å²) >= 11 is 0. The van der Waals surface area contributed by atoms with E-state index in [1.165, 1.54) is 5.56 Å². The zero-order chi connectivity index (χ0) is 20.8. The van der Waals surface area contributed by atoms with E-state index in [9.17, 15) is 18.4 Å². The normalized spacial score (nSPS) is 14.5. The number of carbonyl (C=O) groups excluding carboxylic acids is 2. The van der Waals surface area contributed by atoms with Crippen LogP contribution in [0.15, 0.2) is 42.5 Å². The minimum Gasteiger partial charge on any atom is -0.497 e. The standard InChI is InChI=1S/C22H24F2N2O3/c1-29-18-5-2-15(3-6-18)12-16-8-10-26(11-9-16)21(27)14-25-22(28)19-7-4-17(23)13-20(19)24/h2-7,13,16H,8-12,14H2,1H3,(H,25,28). The molecule has 154 valence electrons. The van der Waals surface area contributed by atoms with E-state index < -0.39 is 17.5 Å². The molecule has 3 rings (SSSR count). The molecule has 0 radical (unpaired) electrons. The van der Waals surface area contributed by atoms with Gasteiger partial charge in [0, 0.05) is 19.2 Å². The number of nitrogens with one attached hydrogen (secondary N) is 1. The smallest absolute Gasteiger partial charge is 0.254 e. The van der Waals surface area contributed by atoms with Gasteiger partial charge in [-0.3, -0.25) is 9.59 Å². The van der Waals surface area contributed by atoms with Crippen molar-refractivity contribution in [2.75, 3.05) is 26.7 Å². The number of benzene rings is 2. The van der Waals surface area contributed by atoms with Gasteiger partial charge in [-0.25, -0.2) is 8.78 Å². The van der Waals surface area contributed by atoms with Crippen LogP contribution in [-0.4, -0.2) is 43.5 Å². The van der Waals surface area contributed by atoms with Gasteiger partial charge in [-0.1, -0.05) is 12.1 Å². The highest BCUT2D eigenvalue weighted by atomic mass is 19.1. The summed E-state index contributed by atoms with van der Waals surface area (Å²) < 4.78 is 31.7. The Hall–Kier alpha value is -2.96. The number of hydrogen-bond donors (Lipinski definition) is 1. The molecule has 1 heterocycles. The first-order valence-electron chi connectivity index (χ1n) is 9.60. The first-order valence-corrected chi connectivity index (χ1v) is 9.60. The van der Waals surface area contributed by atoms with Crippen molar-refractivity contribution in [1.29, 1.82) is 0 Å². The van der Waals surface area contributed by atoms with Gasteiger partial charge in [-0.05, 0) is 55.0 Å². The van der Waals surface area contributed by atoms with Crippen LogP contribution in [0.1, 0.15) is 28.8 Å². The fourth-order valence-electron chi connectivity index (χ4n) is 3.52. The zero-order valence-electron chi connectivity index (χ0n) is 16.3. The van der Waals surface area contributed by atoms with Crippen LogP contribution in [0.5, 0.6) is 5.75 Å². The average Bonchev–Trinajstić information content (AvgIpc) is 2.73. The van der Waals surface area contributed by atoms with Crippen LogP contribution in [0.25, 0.3) is 0 Å². The molecule has 0 bridgehead atoms. The quantitative estimate of drug-likeness (QED) is 0.808. The fourth-order valence-corrected chi connectivity index (χ4v) is 3.52. The van der Waals surface area contributed by atoms with Crippen molar-refractivity contribution in [3.8, 4) is 5.75 Å². The molecular formula is C22H24F2N2O3. The monoisotopic (exact) mass is 402 g/mol. The summed E-state index contributed by atoms with van der Waals surface area (Å²) in [4.78, 5) is 26.1. The third-order valence-electron chi connectivity index (χ3n) is 5.23. The summed E-state index contributed by atoms with van der Waals surface area (Å²) in [7, 11) is 1.64. The van der Waals surface area contributed by atoms with Crippen LogP contribution in [0.3, 0.4) is 0 Å². The molecule has 1 N–H and O–H groups in total. The Balaban J connectivity index is 1.44. The average molecular weight is 402 g/mol. The minimum atomic E-state index is -0.950. The summed E-state index contributed by atoms with van der Waals surface area (Å²) in [6, 6.07) is 10.7. The molecule has 2 amide bonds. The molecule has 1 aliphatic heterocycles. The Morgan fingerprint density at radius 3 is 2.41 bits per heavy atom. The molecule has 0 aliphatic carbocycles. The molecule has 1 aliphatic rings. The van der Waals surface area contributed by atoms with E-state index in [4.69, 9.17) is 4.74 Å². The second kappa shape index (κ2) is 9.49. The topological polar surface area (TPSA) is 58.6 Å². The van der Waals surface area contributed by atoms with Crippen LogP contribution in [-0.2, 0) is 11.2 Å². The molecule has 0 unspecified atom stereocenters. The maximum atomic E-state index is 13.6. The van der Waals surface area contributed by atoms with Crippen LogP contribution in [0, 0.1) is 17.6 Å². The number of hydrogen-bond acceptors (Lipinski definition) is 3. The number of ether oxygens (including phenoxy) is 1. The molecule has 0 aromatic heterocycles. The Morgan fingerprint density at radius 1 is 1.10 bits per heavy atom. The molecule has 2 aromatic rings. The number of rotatable bonds is 6. The van der Waals surface area contributed by atoms with Gasteiger partial charge in [-0.15, -0.1) is 0 Å². The van der Waals surface area contributed by atoms with Gasteiger partial charge in [0.05, 0.1) is 19.2 Å². The Morgan fingerprint density at radius 2 is 1.79 bits per heavy atom. The number of nitrogens with zero attached hydrogens (tertiary/aromatic N) is 1. The Bertz CT molecular complexity index is 863. The van der Waals surface area contributed by atoms with Gasteiger partial charge in [0.2, 0.25) is 5.91 Å². The third kappa shape index (κ3) is 5.53. The van der Waals surface area contributed by atoms with Crippen molar-refractivity contribution in [3.63, 3.8) is 0 Å². The lowest BCUT2D eigenvalue weighted by Gasteiger charge is -2.32. The van der Waals surface area contributed by atoms with Crippen molar-refractivity contribution in [1.82, 2.24) is 10.2 Å². The molecular weight excluding hydrogens is 378 g/mol. The van der Waals surface area contributed by atoms with Crippen LogP contribution < -0.4 is 10.1 Å². The number of methoxy groups -OCH3 is 1. The van der Waals surface area contributed by atoms with Crippen LogP contribution >= 0.6 is 0 Å². The maximum Gasteiger partial charge on any atom is 0.254 e. The van der Waals surface area contributed by atoms with Gasteiger partial charge in [0.25, 0.3) is 5.91 Å². The number of piperidine rings is 1. The first-order chi connectivity index (χ1) is 14.0. The Kier molecular flexibility index (Phi) is 6.80. The van der Waals surface area contributed by atoms with Crippen LogP contribution in [0.2, 0.25) is 0 Å². The minimum absolute atomic E-state index is 0.205. The molecule has 2 aromatic carbocycles. The van der Waals surface area contributed by atoms with E-state index in [0.717, 1.165) is 37.1 Å².